The molecular weight excluding hydrogens is 364 g/mol. The zero-order valence-corrected chi connectivity index (χ0v) is 15.9. The van der Waals surface area contributed by atoms with Crippen LogP contribution in [0.1, 0.15) is 23.2 Å². The molecule has 0 saturated heterocycles. The average molecular weight is 384 g/mol. The van der Waals surface area contributed by atoms with Crippen LogP contribution < -0.4 is 9.46 Å². The van der Waals surface area contributed by atoms with Crippen molar-refractivity contribution in [1.29, 1.82) is 0 Å². The minimum absolute atomic E-state index is 0.134. The van der Waals surface area contributed by atoms with Gasteiger partial charge in [0.15, 0.2) is 6.61 Å². The van der Waals surface area contributed by atoms with Gasteiger partial charge < -0.3 is 9.47 Å². The number of nitrogens with one attached hydrogen (secondary N) is 1. The molecule has 0 spiro atoms. The lowest BCUT2D eigenvalue weighted by molar-refractivity contribution is -0.142. The second-order valence-electron chi connectivity index (χ2n) is 5.17. The van der Waals surface area contributed by atoms with Crippen molar-refractivity contribution in [2.24, 2.45) is 0 Å². The minimum atomic E-state index is -3.67. The van der Waals surface area contributed by atoms with Gasteiger partial charge in [0.2, 0.25) is 10.0 Å². The smallest absolute Gasteiger partial charge is 0.343 e. The molecule has 0 aliphatic heterocycles. The van der Waals surface area contributed by atoms with E-state index in [0.29, 0.717) is 23.4 Å². The summed E-state index contributed by atoms with van der Waals surface area (Å²) in [5.74, 6) is -0.0408. The number of nitrogens with zero attached hydrogens (tertiary/aromatic N) is 1. The molecule has 0 atom stereocenters. The number of methoxy groups -OCH3 is 1. The number of aryl methyl sites for hydroxylation is 2. The molecule has 2 rings (SSSR count). The van der Waals surface area contributed by atoms with Crippen molar-refractivity contribution in [2.75, 3.05) is 13.7 Å². The fraction of sp³-hybridized carbons (Fsp3) is 0.375. The number of ether oxygens (including phenoxy) is 2. The molecule has 0 bridgehead atoms. The van der Waals surface area contributed by atoms with Gasteiger partial charge in [-0.3, -0.25) is 0 Å². The van der Waals surface area contributed by atoms with Crippen LogP contribution in [0.25, 0.3) is 0 Å². The molecule has 136 valence electrons. The molecule has 1 aromatic heterocycles. The fourth-order valence-corrected chi connectivity index (χ4v) is 3.74. The van der Waals surface area contributed by atoms with E-state index in [0.717, 1.165) is 5.01 Å². The third-order valence-corrected chi connectivity index (χ3v) is 5.63. The number of hydrogen-bond donors (Lipinski definition) is 1. The molecule has 25 heavy (non-hydrogen) atoms. The van der Waals surface area contributed by atoms with Crippen LogP contribution in [-0.2, 0) is 32.5 Å². The van der Waals surface area contributed by atoms with Crippen LogP contribution in [-0.4, -0.2) is 33.1 Å². The largest absolute Gasteiger partial charge is 0.482 e. The molecule has 0 saturated carbocycles. The molecule has 7 nitrogen and oxygen atoms in total. The van der Waals surface area contributed by atoms with E-state index in [-0.39, 0.29) is 18.0 Å². The molecule has 1 N–H and O–H groups in total. The zero-order valence-electron chi connectivity index (χ0n) is 14.2. The van der Waals surface area contributed by atoms with E-state index in [1.165, 1.54) is 24.5 Å². The first-order chi connectivity index (χ1) is 11.9. The van der Waals surface area contributed by atoms with Crippen molar-refractivity contribution in [3.8, 4) is 5.75 Å². The number of esters is 1. The number of hydrogen-bond acceptors (Lipinski definition) is 7. The standard InChI is InChI=1S/C16H20N2O5S2/c1-4-12-7-14(5-6-15(12)23-9-16(19)22-3)25(20,21)17-8-13-10-24-11(2)18-13/h5-7,10,17H,4,8-9H2,1-3H3. The van der Waals surface area contributed by atoms with Crippen molar-refractivity contribution < 1.29 is 22.7 Å². The SMILES string of the molecule is CCc1cc(S(=O)(=O)NCc2csc(C)n2)ccc1OCC(=O)OC. The van der Waals surface area contributed by atoms with E-state index in [1.54, 1.807) is 12.1 Å². The lowest BCUT2D eigenvalue weighted by Gasteiger charge is -2.12. The van der Waals surface area contributed by atoms with Gasteiger partial charge in [-0.25, -0.2) is 22.9 Å². The molecule has 1 heterocycles. The van der Waals surface area contributed by atoms with Gasteiger partial charge >= 0.3 is 5.97 Å². The highest BCUT2D eigenvalue weighted by molar-refractivity contribution is 7.89. The highest BCUT2D eigenvalue weighted by atomic mass is 32.2. The maximum Gasteiger partial charge on any atom is 0.343 e. The van der Waals surface area contributed by atoms with Gasteiger partial charge in [-0.15, -0.1) is 11.3 Å². The number of rotatable bonds is 8. The summed E-state index contributed by atoms with van der Waals surface area (Å²) < 4.78 is 37.4. The minimum Gasteiger partial charge on any atom is -0.482 e. The molecule has 0 aliphatic rings. The summed E-state index contributed by atoms with van der Waals surface area (Å²) >= 11 is 1.47. The predicted octanol–water partition coefficient (Wildman–Crippen LogP) is 2.04. The maximum absolute atomic E-state index is 12.5. The van der Waals surface area contributed by atoms with Crippen LogP contribution in [0, 0.1) is 6.92 Å². The molecular formula is C16H20N2O5S2. The third kappa shape index (κ3) is 5.25. The van der Waals surface area contributed by atoms with Gasteiger partial charge in [0.25, 0.3) is 0 Å². The number of aromatic nitrogens is 1. The number of benzene rings is 1. The van der Waals surface area contributed by atoms with E-state index < -0.39 is 16.0 Å². The summed E-state index contributed by atoms with van der Waals surface area (Å²) in [7, 11) is -2.39. The summed E-state index contributed by atoms with van der Waals surface area (Å²) in [6.45, 7) is 3.65. The topological polar surface area (TPSA) is 94.6 Å². The highest BCUT2D eigenvalue weighted by Gasteiger charge is 2.17. The lowest BCUT2D eigenvalue weighted by Crippen LogP contribution is -2.23. The molecule has 0 aliphatic carbocycles. The summed E-state index contributed by atoms with van der Waals surface area (Å²) in [5.41, 5.74) is 1.37. The first-order valence-electron chi connectivity index (χ1n) is 7.59. The third-order valence-electron chi connectivity index (χ3n) is 3.41. The monoisotopic (exact) mass is 384 g/mol. The molecule has 1 aromatic carbocycles. The van der Waals surface area contributed by atoms with Crippen molar-refractivity contribution in [2.45, 2.75) is 31.7 Å². The number of thiazole rings is 1. The van der Waals surface area contributed by atoms with E-state index >= 15 is 0 Å². The van der Waals surface area contributed by atoms with Gasteiger partial charge in [-0.05, 0) is 37.1 Å². The number of carbonyl (C=O) groups excluding carboxylic acids is 1. The predicted molar refractivity (Wildman–Crippen MR) is 94.2 cm³/mol. The summed E-state index contributed by atoms with van der Waals surface area (Å²) in [5, 5.41) is 2.70. The van der Waals surface area contributed by atoms with Crippen molar-refractivity contribution in [3.05, 3.63) is 39.8 Å². The normalized spacial score (nSPS) is 11.3. The van der Waals surface area contributed by atoms with Crippen LogP contribution in [0.2, 0.25) is 0 Å². The van der Waals surface area contributed by atoms with E-state index in [2.05, 4.69) is 14.4 Å². The van der Waals surface area contributed by atoms with Crippen LogP contribution in [0.5, 0.6) is 5.75 Å². The molecule has 0 radical (unpaired) electrons. The van der Waals surface area contributed by atoms with Crippen molar-refractivity contribution >= 4 is 27.3 Å². The Bertz CT molecular complexity index is 846. The second kappa shape index (κ2) is 8.41. The Morgan fingerprint density at radius 3 is 2.72 bits per heavy atom. The van der Waals surface area contributed by atoms with Gasteiger partial charge in [0.05, 0.1) is 29.3 Å². The van der Waals surface area contributed by atoms with E-state index in [9.17, 15) is 13.2 Å². The Hall–Kier alpha value is -1.97. The Morgan fingerprint density at radius 1 is 1.36 bits per heavy atom. The van der Waals surface area contributed by atoms with Crippen LogP contribution in [0.3, 0.4) is 0 Å². The Morgan fingerprint density at radius 2 is 2.12 bits per heavy atom. The van der Waals surface area contributed by atoms with Crippen molar-refractivity contribution in [3.63, 3.8) is 0 Å². The first kappa shape index (κ1) is 19.4. The molecule has 0 amide bonds. The summed E-state index contributed by atoms with van der Waals surface area (Å²) in [6, 6.07) is 4.53. The number of sulfonamides is 1. The highest BCUT2D eigenvalue weighted by Crippen LogP contribution is 2.23. The van der Waals surface area contributed by atoms with Gasteiger partial charge in [0.1, 0.15) is 5.75 Å². The van der Waals surface area contributed by atoms with Gasteiger partial charge in [-0.2, -0.15) is 0 Å². The van der Waals surface area contributed by atoms with Crippen LogP contribution in [0.15, 0.2) is 28.5 Å². The molecule has 9 heteroatoms. The Kier molecular flexibility index (Phi) is 6.51. The quantitative estimate of drug-likeness (QED) is 0.700. The Labute approximate surface area is 151 Å². The zero-order chi connectivity index (χ0) is 18.4. The van der Waals surface area contributed by atoms with Gasteiger partial charge in [-0.1, -0.05) is 6.92 Å². The summed E-state index contributed by atoms with van der Waals surface area (Å²) in [6.07, 6.45) is 0.561. The second-order valence-corrected chi connectivity index (χ2v) is 8.00. The van der Waals surface area contributed by atoms with Crippen molar-refractivity contribution in [1.82, 2.24) is 9.71 Å². The molecule has 0 unspecified atom stereocenters. The first-order valence-corrected chi connectivity index (χ1v) is 9.95. The van der Waals surface area contributed by atoms with Crippen LogP contribution in [0.4, 0.5) is 0 Å². The molecule has 2 aromatic rings. The summed E-state index contributed by atoms with van der Waals surface area (Å²) in [4.78, 5) is 15.5. The maximum atomic E-state index is 12.5. The lowest BCUT2D eigenvalue weighted by atomic mass is 10.1. The van der Waals surface area contributed by atoms with E-state index in [4.69, 9.17) is 4.74 Å². The average Bonchev–Trinajstić information content (AvgIpc) is 3.03. The van der Waals surface area contributed by atoms with E-state index in [1.807, 2.05) is 19.2 Å². The molecule has 0 fully saturated rings. The van der Waals surface area contributed by atoms with Crippen LogP contribution >= 0.6 is 11.3 Å². The fourth-order valence-electron chi connectivity index (χ4n) is 2.08. The Balaban J connectivity index is 2.13. The van der Waals surface area contributed by atoms with Gasteiger partial charge in [0, 0.05) is 5.38 Å². The number of carbonyl (C=O) groups is 1.